The van der Waals surface area contributed by atoms with Gasteiger partial charge in [0.05, 0.1) is 13.7 Å². The fourth-order valence-electron chi connectivity index (χ4n) is 1.76. The van der Waals surface area contributed by atoms with Gasteiger partial charge in [-0.3, -0.25) is 4.99 Å². The molecule has 0 amide bonds. The fraction of sp³-hybridized carbons (Fsp3) is 0.562. The Hall–Kier alpha value is -1.75. The highest BCUT2D eigenvalue weighted by atomic mass is 16.5. The average molecular weight is 293 g/mol. The SMILES string of the molecule is CN=C(NCCCOCc1ccc(OC)cc1)NC(C)C. The number of aliphatic imine (C=N–C) groups is 1. The van der Waals surface area contributed by atoms with E-state index in [4.69, 9.17) is 9.47 Å². The van der Waals surface area contributed by atoms with E-state index in [2.05, 4.69) is 29.5 Å². The van der Waals surface area contributed by atoms with Crippen LogP contribution in [-0.2, 0) is 11.3 Å². The molecule has 1 aromatic rings. The number of nitrogens with one attached hydrogen (secondary N) is 2. The average Bonchev–Trinajstić information content (AvgIpc) is 2.49. The van der Waals surface area contributed by atoms with E-state index in [0.29, 0.717) is 12.6 Å². The molecular formula is C16H27N3O2. The third-order valence-electron chi connectivity index (χ3n) is 2.83. The van der Waals surface area contributed by atoms with Crippen LogP contribution in [0.2, 0.25) is 0 Å². The van der Waals surface area contributed by atoms with Gasteiger partial charge >= 0.3 is 0 Å². The highest BCUT2D eigenvalue weighted by Gasteiger charge is 1.99. The first-order chi connectivity index (χ1) is 10.2. The summed E-state index contributed by atoms with van der Waals surface area (Å²) >= 11 is 0. The Bertz CT molecular complexity index is 416. The van der Waals surface area contributed by atoms with Crippen molar-refractivity contribution in [3.05, 3.63) is 29.8 Å². The van der Waals surface area contributed by atoms with Crippen LogP contribution >= 0.6 is 0 Å². The van der Waals surface area contributed by atoms with Gasteiger partial charge in [-0.15, -0.1) is 0 Å². The minimum absolute atomic E-state index is 0.377. The molecule has 0 saturated heterocycles. The number of nitrogens with zero attached hydrogens (tertiary/aromatic N) is 1. The lowest BCUT2D eigenvalue weighted by molar-refractivity contribution is 0.119. The number of rotatable bonds is 8. The monoisotopic (exact) mass is 293 g/mol. The molecule has 118 valence electrons. The summed E-state index contributed by atoms with van der Waals surface area (Å²) in [7, 11) is 3.44. The summed E-state index contributed by atoms with van der Waals surface area (Å²) in [6, 6.07) is 8.31. The Morgan fingerprint density at radius 1 is 1.24 bits per heavy atom. The van der Waals surface area contributed by atoms with Crippen LogP contribution in [0.3, 0.4) is 0 Å². The zero-order chi connectivity index (χ0) is 15.5. The third kappa shape index (κ3) is 7.56. The first kappa shape index (κ1) is 17.3. The Labute approximate surface area is 127 Å². The normalized spacial score (nSPS) is 11.6. The van der Waals surface area contributed by atoms with Crippen LogP contribution < -0.4 is 15.4 Å². The second-order valence-electron chi connectivity index (χ2n) is 5.05. The Morgan fingerprint density at radius 2 is 1.95 bits per heavy atom. The van der Waals surface area contributed by atoms with Crippen molar-refractivity contribution in [3.63, 3.8) is 0 Å². The van der Waals surface area contributed by atoms with Gasteiger partial charge in [-0.25, -0.2) is 0 Å². The van der Waals surface area contributed by atoms with Gasteiger partial charge in [0.1, 0.15) is 5.75 Å². The number of hydrogen-bond donors (Lipinski definition) is 2. The second-order valence-corrected chi connectivity index (χ2v) is 5.05. The number of benzene rings is 1. The van der Waals surface area contributed by atoms with E-state index in [1.165, 1.54) is 0 Å². The van der Waals surface area contributed by atoms with E-state index in [-0.39, 0.29) is 0 Å². The zero-order valence-electron chi connectivity index (χ0n) is 13.5. The van der Waals surface area contributed by atoms with Gasteiger partial charge in [0.25, 0.3) is 0 Å². The van der Waals surface area contributed by atoms with Gasteiger partial charge in [-0.2, -0.15) is 0 Å². The lowest BCUT2D eigenvalue weighted by Gasteiger charge is -2.14. The van der Waals surface area contributed by atoms with Crippen molar-refractivity contribution in [2.75, 3.05) is 27.3 Å². The molecule has 1 rings (SSSR count). The van der Waals surface area contributed by atoms with Gasteiger partial charge in [-0.1, -0.05) is 12.1 Å². The highest BCUT2D eigenvalue weighted by molar-refractivity contribution is 5.79. The summed E-state index contributed by atoms with van der Waals surface area (Å²) in [6.07, 6.45) is 0.939. The molecule has 0 fully saturated rings. The molecule has 0 aromatic heterocycles. The van der Waals surface area contributed by atoms with Crippen LogP contribution in [0.4, 0.5) is 0 Å². The summed E-state index contributed by atoms with van der Waals surface area (Å²) in [5.74, 6) is 1.70. The Morgan fingerprint density at radius 3 is 2.52 bits per heavy atom. The molecule has 0 saturated carbocycles. The van der Waals surface area contributed by atoms with Crippen molar-refractivity contribution < 1.29 is 9.47 Å². The van der Waals surface area contributed by atoms with Crippen molar-refractivity contribution in [1.82, 2.24) is 10.6 Å². The number of ether oxygens (including phenoxy) is 2. The fourth-order valence-corrected chi connectivity index (χ4v) is 1.76. The summed E-state index contributed by atoms with van der Waals surface area (Å²) in [4.78, 5) is 4.15. The standard InChI is InChI=1S/C16H27N3O2/c1-13(2)19-16(17-3)18-10-5-11-21-12-14-6-8-15(20-4)9-7-14/h6-9,13H,5,10-12H2,1-4H3,(H2,17,18,19). The van der Waals surface area contributed by atoms with Crippen LogP contribution in [0.1, 0.15) is 25.8 Å². The first-order valence-electron chi connectivity index (χ1n) is 7.33. The maximum absolute atomic E-state index is 5.65. The lowest BCUT2D eigenvalue weighted by Crippen LogP contribution is -2.41. The Kier molecular flexibility index (Phi) is 8.28. The molecule has 0 aliphatic carbocycles. The number of guanidine groups is 1. The van der Waals surface area contributed by atoms with Gasteiger partial charge in [0, 0.05) is 26.2 Å². The quantitative estimate of drug-likeness (QED) is 0.438. The molecular weight excluding hydrogens is 266 g/mol. The van der Waals surface area contributed by atoms with Crippen LogP contribution in [-0.4, -0.2) is 39.3 Å². The topological polar surface area (TPSA) is 54.9 Å². The molecule has 0 radical (unpaired) electrons. The minimum atomic E-state index is 0.377. The molecule has 2 N–H and O–H groups in total. The molecule has 21 heavy (non-hydrogen) atoms. The van der Waals surface area contributed by atoms with Crippen molar-refractivity contribution in [3.8, 4) is 5.75 Å². The molecule has 0 unspecified atom stereocenters. The molecule has 0 aliphatic heterocycles. The molecule has 0 atom stereocenters. The molecule has 1 aromatic carbocycles. The minimum Gasteiger partial charge on any atom is -0.497 e. The number of hydrogen-bond acceptors (Lipinski definition) is 3. The summed E-state index contributed by atoms with van der Waals surface area (Å²) in [6.45, 7) is 6.37. The van der Waals surface area contributed by atoms with Crippen LogP contribution in [0.15, 0.2) is 29.3 Å². The first-order valence-corrected chi connectivity index (χ1v) is 7.33. The Balaban J connectivity index is 2.11. The second kappa shape index (κ2) is 10.0. The third-order valence-corrected chi connectivity index (χ3v) is 2.83. The molecule has 0 heterocycles. The van der Waals surface area contributed by atoms with E-state index < -0.39 is 0 Å². The maximum Gasteiger partial charge on any atom is 0.191 e. The van der Waals surface area contributed by atoms with Crippen LogP contribution in [0.25, 0.3) is 0 Å². The predicted molar refractivity (Wildman–Crippen MR) is 86.9 cm³/mol. The largest absolute Gasteiger partial charge is 0.497 e. The van der Waals surface area contributed by atoms with E-state index in [9.17, 15) is 0 Å². The smallest absolute Gasteiger partial charge is 0.191 e. The molecule has 0 spiro atoms. The highest BCUT2D eigenvalue weighted by Crippen LogP contribution is 2.11. The molecule has 0 aliphatic rings. The van der Waals surface area contributed by atoms with Gasteiger partial charge in [-0.05, 0) is 38.0 Å². The van der Waals surface area contributed by atoms with E-state index in [1.807, 2.05) is 24.3 Å². The van der Waals surface area contributed by atoms with Gasteiger partial charge < -0.3 is 20.1 Å². The molecule has 5 nitrogen and oxygen atoms in total. The lowest BCUT2D eigenvalue weighted by atomic mass is 10.2. The van der Waals surface area contributed by atoms with Crippen LogP contribution in [0.5, 0.6) is 5.75 Å². The van der Waals surface area contributed by atoms with E-state index in [0.717, 1.165) is 36.8 Å². The van der Waals surface area contributed by atoms with Gasteiger partial charge in [0.15, 0.2) is 5.96 Å². The summed E-state index contributed by atoms with van der Waals surface area (Å²) in [5, 5.41) is 6.50. The molecule has 5 heteroatoms. The zero-order valence-corrected chi connectivity index (χ0v) is 13.5. The predicted octanol–water partition coefficient (Wildman–Crippen LogP) is 2.18. The molecule has 0 bridgehead atoms. The summed E-state index contributed by atoms with van der Waals surface area (Å²) in [5.41, 5.74) is 1.15. The summed E-state index contributed by atoms with van der Waals surface area (Å²) < 4.78 is 10.8. The van der Waals surface area contributed by atoms with Crippen molar-refractivity contribution in [1.29, 1.82) is 0 Å². The van der Waals surface area contributed by atoms with Crippen LogP contribution in [0, 0.1) is 0 Å². The van der Waals surface area contributed by atoms with E-state index >= 15 is 0 Å². The van der Waals surface area contributed by atoms with Crippen molar-refractivity contribution in [2.45, 2.75) is 32.9 Å². The van der Waals surface area contributed by atoms with Gasteiger partial charge in [0.2, 0.25) is 0 Å². The van der Waals surface area contributed by atoms with Crippen molar-refractivity contribution >= 4 is 5.96 Å². The maximum atomic E-state index is 5.65. The van der Waals surface area contributed by atoms with E-state index in [1.54, 1.807) is 14.2 Å². The number of methoxy groups -OCH3 is 1. The van der Waals surface area contributed by atoms with Crippen molar-refractivity contribution in [2.24, 2.45) is 4.99 Å².